The highest BCUT2D eigenvalue weighted by atomic mass is 32.1. The molecule has 0 saturated carbocycles. The van der Waals surface area contributed by atoms with Crippen molar-refractivity contribution < 1.29 is 9.53 Å². The number of amides is 1. The Labute approximate surface area is 209 Å². The van der Waals surface area contributed by atoms with Gasteiger partial charge in [-0.25, -0.2) is 9.78 Å². The molecule has 0 bridgehead atoms. The highest BCUT2D eigenvalue weighted by Crippen LogP contribution is 2.25. The Hall–Kier alpha value is -3.90. The average Bonchev–Trinajstić information content (AvgIpc) is 3.32. The molecule has 0 radical (unpaired) electrons. The van der Waals surface area contributed by atoms with Crippen molar-refractivity contribution in [2.75, 3.05) is 36.5 Å². The van der Waals surface area contributed by atoms with Crippen molar-refractivity contribution in [1.29, 1.82) is 5.26 Å². The van der Waals surface area contributed by atoms with E-state index in [9.17, 15) is 10.1 Å². The van der Waals surface area contributed by atoms with Crippen LogP contribution in [0.5, 0.6) is 0 Å². The van der Waals surface area contributed by atoms with Crippen LogP contribution in [-0.4, -0.2) is 54.0 Å². The normalized spacial score (nSPS) is 14.1. The number of carbonyl (C=O) groups excluding carboxylic acids is 1. The van der Waals surface area contributed by atoms with Gasteiger partial charge < -0.3 is 14.5 Å². The Balaban J connectivity index is 1.36. The third-order valence-electron chi connectivity index (χ3n) is 5.36. The first kappa shape index (κ1) is 24.2. The number of thiazole rings is 1. The maximum Gasteiger partial charge on any atom is 0.410 e. The summed E-state index contributed by atoms with van der Waals surface area (Å²) in [6, 6.07) is 17.9. The number of nitrogens with one attached hydrogen (secondary N) is 1. The summed E-state index contributed by atoms with van der Waals surface area (Å²) < 4.78 is 5.46. The van der Waals surface area contributed by atoms with E-state index in [1.165, 1.54) is 11.3 Å². The number of nitrogens with zero attached hydrogens (tertiary/aromatic N) is 5. The number of aromatic nitrogens is 1. The Morgan fingerprint density at radius 1 is 1.17 bits per heavy atom. The Kier molecular flexibility index (Phi) is 7.32. The Morgan fingerprint density at radius 3 is 2.60 bits per heavy atom. The molecule has 1 saturated heterocycles. The fraction of sp³-hybridized carbons (Fsp3) is 0.308. The minimum atomic E-state index is -0.516. The molecule has 8 nitrogen and oxygen atoms in total. The summed E-state index contributed by atoms with van der Waals surface area (Å²) in [7, 11) is 0. The zero-order chi connectivity index (χ0) is 24.8. The smallest absolute Gasteiger partial charge is 0.410 e. The largest absolute Gasteiger partial charge is 0.444 e. The Morgan fingerprint density at radius 2 is 1.91 bits per heavy atom. The van der Waals surface area contributed by atoms with Crippen molar-refractivity contribution in [3.63, 3.8) is 0 Å². The predicted molar refractivity (Wildman–Crippen MR) is 140 cm³/mol. The molecular weight excluding hydrogens is 460 g/mol. The van der Waals surface area contributed by atoms with Crippen molar-refractivity contribution in [3.05, 3.63) is 65.0 Å². The molecular formula is C26H28N6O2S. The molecule has 1 aliphatic rings. The minimum absolute atomic E-state index is 0.298. The summed E-state index contributed by atoms with van der Waals surface area (Å²) >= 11 is 1.48. The van der Waals surface area contributed by atoms with Gasteiger partial charge in [0.25, 0.3) is 0 Å². The molecule has 0 spiro atoms. The fourth-order valence-corrected chi connectivity index (χ4v) is 4.35. The molecule has 1 aromatic heterocycles. The molecule has 1 amide bonds. The van der Waals surface area contributed by atoms with Gasteiger partial charge in [0.05, 0.1) is 23.2 Å². The van der Waals surface area contributed by atoms with Gasteiger partial charge in [0, 0.05) is 37.1 Å². The molecule has 1 N–H and O–H groups in total. The number of anilines is 2. The Bertz CT molecular complexity index is 1230. The number of carbonyl (C=O) groups is 1. The number of rotatable bonds is 5. The molecule has 2 aromatic carbocycles. The van der Waals surface area contributed by atoms with Gasteiger partial charge >= 0.3 is 6.09 Å². The first-order chi connectivity index (χ1) is 16.8. The summed E-state index contributed by atoms with van der Waals surface area (Å²) in [5.41, 5.74) is 6.64. The highest BCUT2D eigenvalue weighted by molar-refractivity contribution is 7.14. The molecule has 0 atom stereocenters. The summed E-state index contributed by atoms with van der Waals surface area (Å²) in [5, 5.41) is 16.7. The summed E-state index contributed by atoms with van der Waals surface area (Å²) in [5.74, 6) is 0. The van der Waals surface area contributed by atoms with Gasteiger partial charge in [0.2, 0.25) is 5.13 Å². The van der Waals surface area contributed by atoms with E-state index in [4.69, 9.17) is 4.74 Å². The van der Waals surface area contributed by atoms with Crippen molar-refractivity contribution in [2.24, 2.45) is 5.10 Å². The summed E-state index contributed by atoms with van der Waals surface area (Å²) in [6.45, 7) is 7.95. The maximum atomic E-state index is 12.3. The quantitative estimate of drug-likeness (QED) is 0.393. The number of hydrazone groups is 1. The SMILES string of the molecule is CC(C)(C)OC(=O)N1CCN(c2ccc(C=NNc3nc(-c4ccccc4)cs3)cc2C#N)CC1. The third-order valence-corrected chi connectivity index (χ3v) is 6.11. The first-order valence-electron chi connectivity index (χ1n) is 11.4. The van der Waals surface area contributed by atoms with Crippen LogP contribution in [0.4, 0.5) is 15.6 Å². The van der Waals surface area contributed by atoms with E-state index in [0.717, 1.165) is 22.5 Å². The molecule has 180 valence electrons. The second kappa shape index (κ2) is 10.6. The zero-order valence-corrected chi connectivity index (χ0v) is 20.9. The van der Waals surface area contributed by atoms with Crippen LogP contribution < -0.4 is 10.3 Å². The molecule has 4 rings (SSSR count). The lowest BCUT2D eigenvalue weighted by molar-refractivity contribution is 0.0240. The molecule has 0 aliphatic carbocycles. The third kappa shape index (κ3) is 6.37. The molecule has 0 unspecified atom stereocenters. The van der Waals surface area contributed by atoms with Gasteiger partial charge in [0.1, 0.15) is 11.7 Å². The van der Waals surface area contributed by atoms with E-state index >= 15 is 0 Å². The van der Waals surface area contributed by atoms with Crippen LogP contribution in [0, 0.1) is 11.3 Å². The molecule has 9 heteroatoms. The lowest BCUT2D eigenvalue weighted by Crippen LogP contribution is -2.50. The standard InChI is InChI=1S/C26H28N6O2S/c1-26(2,3)34-25(33)32-13-11-31(12-14-32)23-10-9-19(15-21(23)16-27)17-28-30-24-29-22(18-35-24)20-7-5-4-6-8-20/h4-10,15,17-18H,11-14H2,1-3H3,(H,29,30). The zero-order valence-electron chi connectivity index (χ0n) is 20.1. The second-order valence-corrected chi connectivity index (χ2v) is 9.97. The van der Waals surface area contributed by atoms with Gasteiger partial charge in [-0.15, -0.1) is 11.3 Å². The topological polar surface area (TPSA) is 93.8 Å². The second-order valence-electron chi connectivity index (χ2n) is 9.12. The number of hydrogen-bond acceptors (Lipinski definition) is 8. The van der Waals surface area contributed by atoms with Crippen LogP contribution in [0.2, 0.25) is 0 Å². The molecule has 1 aliphatic heterocycles. The van der Waals surface area contributed by atoms with Gasteiger partial charge in [-0.1, -0.05) is 36.4 Å². The minimum Gasteiger partial charge on any atom is -0.444 e. The van der Waals surface area contributed by atoms with Crippen molar-refractivity contribution in [2.45, 2.75) is 26.4 Å². The number of piperazine rings is 1. The van der Waals surface area contributed by atoms with Gasteiger partial charge in [-0.3, -0.25) is 5.43 Å². The summed E-state index contributed by atoms with van der Waals surface area (Å²) in [4.78, 5) is 20.7. The molecule has 35 heavy (non-hydrogen) atoms. The van der Waals surface area contributed by atoms with Gasteiger partial charge in [-0.2, -0.15) is 10.4 Å². The van der Waals surface area contributed by atoms with Crippen LogP contribution in [0.3, 0.4) is 0 Å². The van der Waals surface area contributed by atoms with Crippen LogP contribution in [0.1, 0.15) is 31.9 Å². The van der Waals surface area contributed by atoms with Crippen molar-refractivity contribution in [1.82, 2.24) is 9.88 Å². The average molecular weight is 489 g/mol. The van der Waals surface area contributed by atoms with E-state index in [0.29, 0.717) is 36.9 Å². The van der Waals surface area contributed by atoms with E-state index in [1.807, 2.05) is 74.7 Å². The van der Waals surface area contributed by atoms with Crippen molar-refractivity contribution in [3.8, 4) is 17.3 Å². The maximum absolute atomic E-state index is 12.3. The summed E-state index contributed by atoms with van der Waals surface area (Å²) in [6.07, 6.45) is 1.38. The number of hydrogen-bond donors (Lipinski definition) is 1. The predicted octanol–water partition coefficient (Wildman–Crippen LogP) is 5.18. The number of nitriles is 1. The monoisotopic (exact) mass is 488 g/mol. The molecule has 3 aromatic rings. The van der Waals surface area contributed by atoms with Crippen LogP contribution >= 0.6 is 11.3 Å². The number of ether oxygens (including phenoxy) is 1. The highest BCUT2D eigenvalue weighted by Gasteiger charge is 2.26. The van der Waals surface area contributed by atoms with Crippen LogP contribution in [0.15, 0.2) is 59.0 Å². The van der Waals surface area contributed by atoms with Crippen LogP contribution in [-0.2, 0) is 4.74 Å². The fourth-order valence-electron chi connectivity index (χ4n) is 3.68. The van der Waals surface area contributed by atoms with Crippen LogP contribution in [0.25, 0.3) is 11.3 Å². The van der Waals surface area contributed by atoms with E-state index in [2.05, 4.69) is 26.5 Å². The lowest BCUT2D eigenvalue weighted by Gasteiger charge is -2.37. The lowest BCUT2D eigenvalue weighted by atomic mass is 10.1. The first-order valence-corrected chi connectivity index (χ1v) is 12.3. The van der Waals surface area contributed by atoms with E-state index in [1.54, 1.807) is 11.1 Å². The van der Waals surface area contributed by atoms with Gasteiger partial charge in [0.15, 0.2) is 0 Å². The van der Waals surface area contributed by atoms with E-state index < -0.39 is 5.60 Å². The van der Waals surface area contributed by atoms with E-state index in [-0.39, 0.29) is 6.09 Å². The number of benzene rings is 2. The molecule has 2 heterocycles. The molecule has 1 fully saturated rings. The van der Waals surface area contributed by atoms with Crippen molar-refractivity contribution >= 4 is 34.5 Å². The van der Waals surface area contributed by atoms with Gasteiger partial charge in [-0.05, 0) is 38.5 Å².